The zero-order valence-corrected chi connectivity index (χ0v) is 16.3. The molecule has 4 rings (SSSR count). The number of rotatable bonds is 5. The number of carbonyl (C=O) groups is 1. The van der Waals surface area contributed by atoms with Crippen molar-refractivity contribution in [3.8, 4) is 5.75 Å². The molecule has 2 saturated heterocycles. The lowest BCUT2D eigenvalue weighted by Gasteiger charge is -2.36. The number of carbonyl (C=O) groups excluding carboxylic acids is 1. The summed E-state index contributed by atoms with van der Waals surface area (Å²) >= 11 is 0. The van der Waals surface area contributed by atoms with E-state index in [2.05, 4.69) is 19.1 Å². The summed E-state index contributed by atoms with van der Waals surface area (Å²) in [7, 11) is 0. The normalized spacial score (nSPS) is 37.4. The highest BCUT2D eigenvalue weighted by Gasteiger charge is 2.68. The molecule has 5 heteroatoms. The highest BCUT2D eigenvalue weighted by molar-refractivity contribution is 5.64. The Morgan fingerprint density at radius 1 is 1.33 bits per heavy atom. The van der Waals surface area contributed by atoms with Gasteiger partial charge in [0.05, 0.1) is 23.9 Å². The highest BCUT2D eigenvalue weighted by atomic mass is 16.7. The number of hydrogen-bond acceptors (Lipinski definition) is 5. The molecule has 1 aliphatic carbocycles. The SMILES string of the molecule is CC=CC[C@H]1O[C@@]1(C)[C@H]1C[C@H](OC(=O)Oc2ccc(C)cc2)CC[C@]12CO2. The highest BCUT2D eigenvalue weighted by Crippen LogP contribution is 2.59. The smallest absolute Gasteiger partial charge is 0.431 e. The van der Waals surface area contributed by atoms with Crippen LogP contribution in [0.2, 0.25) is 0 Å². The molecule has 3 fully saturated rings. The maximum absolute atomic E-state index is 12.2. The van der Waals surface area contributed by atoms with Crippen molar-refractivity contribution in [3.63, 3.8) is 0 Å². The molecule has 1 aromatic carbocycles. The lowest BCUT2D eigenvalue weighted by molar-refractivity contribution is -0.0122. The van der Waals surface area contributed by atoms with Crippen LogP contribution in [0.25, 0.3) is 0 Å². The third kappa shape index (κ3) is 3.76. The summed E-state index contributed by atoms with van der Waals surface area (Å²) in [5, 5.41) is 0. The van der Waals surface area contributed by atoms with Crippen LogP contribution in [0.1, 0.15) is 45.1 Å². The first kappa shape index (κ1) is 18.5. The van der Waals surface area contributed by atoms with Crippen LogP contribution >= 0.6 is 0 Å². The van der Waals surface area contributed by atoms with E-state index in [1.165, 1.54) is 0 Å². The Hall–Kier alpha value is -1.85. The van der Waals surface area contributed by atoms with Gasteiger partial charge in [0.25, 0.3) is 0 Å². The molecule has 1 aromatic rings. The van der Waals surface area contributed by atoms with Crippen molar-refractivity contribution < 1.29 is 23.7 Å². The van der Waals surface area contributed by atoms with Gasteiger partial charge in [-0.05, 0) is 58.6 Å². The van der Waals surface area contributed by atoms with Gasteiger partial charge in [-0.3, -0.25) is 0 Å². The molecule has 3 aliphatic rings. The molecule has 146 valence electrons. The number of epoxide rings is 2. The van der Waals surface area contributed by atoms with Crippen molar-refractivity contribution in [1.82, 2.24) is 0 Å². The van der Waals surface area contributed by atoms with Crippen LogP contribution < -0.4 is 4.74 Å². The lowest BCUT2D eigenvalue weighted by atomic mass is 9.70. The molecular weight excluding hydrogens is 344 g/mol. The van der Waals surface area contributed by atoms with Crippen molar-refractivity contribution in [2.24, 2.45) is 5.92 Å². The van der Waals surface area contributed by atoms with Crippen LogP contribution in [0, 0.1) is 12.8 Å². The Bertz CT molecular complexity index is 721. The number of allylic oxidation sites excluding steroid dienone is 1. The standard InChI is InChI=1S/C22H28O5/c1-4-5-6-19-21(3,27-19)18-13-17(11-12-22(18)14-24-22)26-20(23)25-16-9-7-15(2)8-10-16/h4-5,7-10,17-19H,6,11-14H2,1-3H3/t17-,18-,19-,21+,22+/m1/s1. The Morgan fingerprint density at radius 3 is 2.74 bits per heavy atom. The van der Waals surface area contributed by atoms with Crippen molar-refractivity contribution in [3.05, 3.63) is 42.0 Å². The molecule has 1 saturated carbocycles. The maximum atomic E-state index is 12.2. The van der Waals surface area contributed by atoms with E-state index in [4.69, 9.17) is 18.9 Å². The summed E-state index contributed by atoms with van der Waals surface area (Å²) in [6, 6.07) is 7.36. The minimum Gasteiger partial charge on any atom is -0.431 e. The Kier molecular flexibility index (Phi) is 4.77. The first-order valence-corrected chi connectivity index (χ1v) is 9.83. The summed E-state index contributed by atoms with van der Waals surface area (Å²) in [6.45, 7) is 6.97. The van der Waals surface area contributed by atoms with E-state index in [1.807, 2.05) is 26.0 Å². The topological polar surface area (TPSA) is 60.6 Å². The minimum absolute atomic E-state index is 0.0832. The zero-order valence-electron chi connectivity index (χ0n) is 16.3. The van der Waals surface area contributed by atoms with Gasteiger partial charge in [-0.25, -0.2) is 4.79 Å². The summed E-state index contributed by atoms with van der Waals surface area (Å²) in [6.07, 6.45) is 6.99. The fourth-order valence-corrected chi connectivity index (χ4v) is 4.46. The first-order chi connectivity index (χ1) is 12.9. The molecule has 0 aromatic heterocycles. The molecule has 0 radical (unpaired) electrons. The molecular formula is C22H28O5. The minimum atomic E-state index is -0.636. The van der Waals surface area contributed by atoms with Gasteiger partial charge in [-0.2, -0.15) is 0 Å². The van der Waals surface area contributed by atoms with Crippen LogP contribution in [-0.4, -0.2) is 36.2 Å². The van der Waals surface area contributed by atoms with Crippen LogP contribution in [0.3, 0.4) is 0 Å². The van der Waals surface area contributed by atoms with Gasteiger partial charge < -0.3 is 18.9 Å². The predicted octanol–water partition coefficient (Wildman–Crippen LogP) is 4.57. The summed E-state index contributed by atoms with van der Waals surface area (Å²) in [5.41, 5.74) is 0.838. The van der Waals surface area contributed by atoms with Gasteiger partial charge in [0.1, 0.15) is 11.9 Å². The molecule has 5 nitrogen and oxygen atoms in total. The van der Waals surface area contributed by atoms with E-state index < -0.39 is 6.16 Å². The first-order valence-electron chi connectivity index (χ1n) is 9.83. The van der Waals surface area contributed by atoms with Gasteiger partial charge in [0.2, 0.25) is 0 Å². The van der Waals surface area contributed by atoms with Crippen LogP contribution in [0.5, 0.6) is 5.75 Å². The summed E-state index contributed by atoms with van der Waals surface area (Å²) in [5.74, 6) is 0.745. The van der Waals surface area contributed by atoms with E-state index in [9.17, 15) is 4.79 Å². The molecule has 0 bridgehead atoms. The van der Waals surface area contributed by atoms with E-state index in [1.54, 1.807) is 12.1 Å². The average Bonchev–Trinajstić information content (AvgIpc) is 3.55. The third-order valence-corrected chi connectivity index (χ3v) is 6.28. The molecule has 2 aliphatic heterocycles. The quantitative estimate of drug-likeness (QED) is 0.328. The number of ether oxygens (including phenoxy) is 4. The molecule has 2 heterocycles. The van der Waals surface area contributed by atoms with E-state index in [-0.39, 0.29) is 29.3 Å². The Morgan fingerprint density at radius 2 is 2.07 bits per heavy atom. The molecule has 27 heavy (non-hydrogen) atoms. The van der Waals surface area contributed by atoms with Gasteiger partial charge in [0, 0.05) is 5.92 Å². The monoisotopic (exact) mass is 372 g/mol. The predicted molar refractivity (Wildman–Crippen MR) is 101 cm³/mol. The third-order valence-electron chi connectivity index (χ3n) is 6.28. The number of hydrogen-bond donors (Lipinski definition) is 0. The van der Waals surface area contributed by atoms with Crippen molar-refractivity contribution in [2.75, 3.05) is 6.61 Å². The second kappa shape index (κ2) is 6.95. The summed E-state index contributed by atoms with van der Waals surface area (Å²) < 4.78 is 22.9. The van der Waals surface area contributed by atoms with Gasteiger partial charge in [0.15, 0.2) is 0 Å². The van der Waals surface area contributed by atoms with E-state index >= 15 is 0 Å². The van der Waals surface area contributed by atoms with Gasteiger partial charge in [-0.15, -0.1) is 0 Å². The van der Waals surface area contributed by atoms with Gasteiger partial charge in [-0.1, -0.05) is 29.8 Å². The van der Waals surface area contributed by atoms with E-state index in [0.717, 1.165) is 37.9 Å². The molecule has 0 amide bonds. The summed E-state index contributed by atoms with van der Waals surface area (Å²) in [4.78, 5) is 12.2. The maximum Gasteiger partial charge on any atom is 0.514 e. The Balaban J connectivity index is 1.36. The second-order valence-electron chi connectivity index (χ2n) is 8.18. The largest absolute Gasteiger partial charge is 0.514 e. The van der Waals surface area contributed by atoms with Gasteiger partial charge >= 0.3 is 6.16 Å². The molecule has 0 unspecified atom stereocenters. The zero-order chi connectivity index (χ0) is 19.1. The molecule has 0 N–H and O–H groups in total. The molecule has 1 spiro atoms. The fourth-order valence-electron chi connectivity index (χ4n) is 4.46. The van der Waals surface area contributed by atoms with Crippen LogP contribution in [0.4, 0.5) is 4.79 Å². The van der Waals surface area contributed by atoms with Crippen molar-refractivity contribution in [1.29, 1.82) is 0 Å². The number of benzene rings is 1. The van der Waals surface area contributed by atoms with Crippen molar-refractivity contribution in [2.45, 2.75) is 69.9 Å². The average molecular weight is 372 g/mol. The van der Waals surface area contributed by atoms with Crippen molar-refractivity contribution >= 4 is 6.16 Å². The van der Waals surface area contributed by atoms with E-state index in [0.29, 0.717) is 5.75 Å². The molecule has 5 atom stereocenters. The second-order valence-corrected chi connectivity index (χ2v) is 8.18. The van der Waals surface area contributed by atoms with Crippen LogP contribution in [0.15, 0.2) is 36.4 Å². The lowest BCUT2D eigenvalue weighted by Crippen LogP contribution is -2.44. The Labute approximate surface area is 160 Å². The van der Waals surface area contributed by atoms with Crippen LogP contribution in [-0.2, 0) is 14.2 Å². The fraction of sp³-hybridized carbons (Fsp3) is 0.591. The number of aryl methyl sites for hydroxylation is 1.